The molecule has 5 rings (SSSR count). The molecule has 5 nitrogen and oxygen atoms in total. The predicted molar refractivity (Wildman–Crippen MR) is 128 cm³/mol. The number of rotatable bonds is 3. The number of nitrogens with one attached hydrogen (secondary N) is 1. The second-order valence-electron chi connectivity index (χ2n) is 7.94. The Morgan fingerprint density at radius 1 is 0.781 bits per heavy atom. The van der Waals surface area contributed by atoms with Crippen LogP contribution in [0.25, 0.3) is 10.8 Å². The lowest BCUT2D eigenvalue weighted by molar-refractivity contribution is -0.115. The van der Waals surface area contributed by atoms with E-state index in [2.05, 4.69) is 4.72 Å². The molecule has 0 bridgehead atoms. The van der Waals surface area contributed by atoms with Crippen molar-refractivity contribution in [2.75, 3.05) is 9.62 Å². The molecule has 0 saturated carbocycles. The summed E-state index contributed by atoms with van der Waals surface area (Å²) in [6.45, 7) is 1.53. The van der Waals surface area contributed by atoms with Crippen LogP contribution in [0.2, 0.25) is 0 Å². The quantitative estimate of drug-likeness (QED) is 0.460. The van der Waals surface area contributed by atoms with Gasteiger partial charge in [0, 0.05) is 6.92 Å². The Kier molecular flexibility index (Phi) is 4.94. The number of benzene rings is 4. The van der Waals surface area contributed by atoms with E-state index in [0.29, 0.717) is 11.4 Å². The fourth-order valence-electron chi connectivity index (χ4n) is 4.27. The number of fused-ring (bicyclic) bond motifs is 3. The van der Waals surface area contributed by atoms with Crippen LogP contribution in [0.5, 0.6) is 0 Å². The zero-order chi connectivity index (χ0) is 22.3. The van der Waals surface area contributed by atoms with E-state index in [-0.39, 0.29) is 10.8 Å². The molecule has 1 amide bonds. The first-order chi connectivity index (χ1) is 15.4. The molecule has 6 heteroatoms. The van der Waals surface area contributed by atoms with Gasteiger partial charge >= 0.3 is 0 Å². The van der Waals surface area contributed by atoms with Gasteiger partial charge in [0.15, 0.2) is 0 Å². The highest BCUT2D eigenvalue weighted by Crippen LogP contribution is 2.38. The van der Waals surface area contributed by atoms with Gasteiger partial charge in [0.2, 0.25) is 5.91 Å². The Bertz CT molecular complexity index is 1460. The van der Waals surface area contributed by atoms with Crippen molar-refractivity contribution in [2.45, 2.75) is 24.7 Å². The summed E-state index contributed by atoms with van der Waals surface area (Å²) in [5.41, 5.74) is 4.07. The third-order valence-corrected chi connectivity index (χ3v) is 7.20. The van der Waals surface area contributed by atoms with Crippen LogP contribution in [0.1, 0.15) is 18.1 Å². The van der Waals surface area contributed by atoms with Gasteiger partial charge in [-0.05, 0) is 65.1 Å². The van der Waals surface area contributed by atoms with E-state index in [1.54, 1.807) is 35.2 Å². The molecule has 1 aliphatic heterocycles. The summed E-state index contributed by atoms with van der Waals surface area (Å²) in [4.78, 5) is 14.5. The van der Waals surface area contributed by atoms with E-state index >= 15 is 0 Å². The second-order valence-corrected chi connectivity index (χ2v) is 9.62. The van der Waals surface area contributed by atoms with Crippen LogP contribution < -0.4 is 9.62 Å². The summed E-state index contributed by atoms with van der Waals surface area (Å²) in [6, 6.07) is 25.9. The Morgan fingerprint density at radius 3 is 2.25 bits per heavy atom. The fraction of sp³-hybridized carbons (Fsp3) is 0.115. The molecule has 1 aliphatic rings. The van der Waals surface area contributed by atoms with Gasteiger partial charge in [0.1, 0.15) is 0 Å². The molecular weight excluding hydrogens is 420 g/mol. The summed E-state index contributed by atoms with van der Waals surface area (Å²) in [7, 11) is -3.79. The maximum absolute atomic E-state index is 13.1. The molecule has 0 aliphatic carbocycles. The molecular formula is C26H22N2O3S. The number of amides is 1. The number of nitrogens with zero attached hydrogens (tertiary/aromatic N) is 1. The first-order valence-electron chi connectivity index (χ1n) is 10.5. The molecule has 4 aromatic rings. The summed E-state index contributed by atoms with van der Waals surface area (Å²) in [5.74, 6) is -0.116. The Balaban J connectivity index is 1.54. The summed E-state index contributed by atoms with van der Waals surface area (Å²) in [6.07, 6.45) is 1.59. The second kappa shape index (κ2) is 7.80. The smallest absolute Gasteiger partial charge is 0.261 e. The lowest BCUT2D eigenvalue weighted by atomic mass is 10.0. The van der Waals surface area contributed by atoms with E-state index < -0.39 is 10.0 Å². The molecule has 0 aromatic heterocycles. The van der Waals surface area contributed by atoms with E-state index in [0.717, 1.165) is 40.4 Å². The molecule has 0 spiro atoms. The van der Waals surface area contributed by atoms with Crippen molar-refractivity contribution in [3.8, 4) is 0 Å². The van der Waals surface area contributed by atoms with Crippen molar-refractivity contribution in [2.24, 2.45) is 0 Å². The van der Waals surface area contributed by atoms with Gasteiger partial charge in [0.25, 0.3) is 10.0 Å². The third kappa shape index (κ3) is 3.63. The average Bonchev–Trinajstić information content (AvgIpc) is 2.95. The zero-order valence-electron chi connectivity index (χ0n) is 17.6. The molecule has 32 heavy (non-hydrogen) atoms. The van der Waals surface area contributed by atoms with Crippen LogP contribution in [-0.2, 0) is 27.7 Å². The number of sulfonamides is 1. The van der Waals surface area contributed by atoms with Gasteiger partial charge in [-0.25, -0.2) is 8.42 Å². The third-order valence-electron chi connectivity index (χ3n) is 5.82. The number of carbonyl (C=O) groups is 1. The lowest BCUT2D eigenvalue weighted by Crippen LogP contribution is -2.24. The highest BCUT2D eigenvalue weighted by atomic mass is 32.2. The van der Waals surface area contributed by atoms with Crippen LogP contribution >= 0.6 is 0 Å². The lowest BCUT2D eigenvalue weighted by Gasteiger charge is -2.24. The molecule has 1 heterocycles. The number of aryl methyl sites for hydroxylation is 2. The van der Waals surface area contributed by atoms with Crippen molar-refractivity contribution in [3.05, 3.63) is 96.1 Å². The average molecular weight is 443 g/mol. The van der Waals surface area contributed by atoms with E-state index in [1.165, 1.54) is 6.92 Å². The molecule has 4 aromatic carbocycles. The van der Waals surface area contributed by atoms with Gasteiger partial charge in [-0.3, -0.25) is 14.4 Å². The first kappa shape index (κ1) is 20.3. The fourth-order valence-corrected chi connectivity index (χ4v) is 5.36. The van der Waals surface area contributed by atoms with Crippen molar-refractivity contribution >= 4 is 43.8 Å². The maximum atomic E-state index is 13.1. The van der Waals surface area contributed by atoms with E-state index in [4.69, 9.17) is 0 Å². The molecule has 160 valence electrons. The predicted octanol–water partition coefficient (Wildman–Crippen LogP) is 5.42. The first-order valence-corrected chi connectivity index (χ1v) is 11.9. The molecule has 0 unspecified atom stereocenters. The highest BCUT2D eigenvalue weighted by Gasteiger charge is 2.24. The minimum Gasteiger partial charge on any atom is -0.281 e. The standard InChI is InChI=1S/C26H22N2O3S/c1-18(29)28-25-9-5-4-7-20(25)10-11-21-12-14-23(17-26(21)28)27-32(30,31)24-15-13-19-6-2-3-8-22(19)16-24/h2-9,12-17,27H,10-11H2,1H3. The number of para-hydroxylation sites is 1. The Hall–Kier alpha value is -3.64. The topological polar surface area (TPSA) is 66.5 Å². The SMILES string of the molecule is CC(=O)N1c2ccccc2CCc2ccc(NS(=O)(=O)c3ccc4ccccc4c3)cc21. The molecule has 0 fully saturated rings. The number of hydrogen-bond acceptors (Lipinski definition) is 3. The molecule has 0 radical (unpaired) electrons. The van der Waals surface area contributed by atoms with Gasteiger partial charge < -0.3 is 0 Å². The van der Waals surface area contributed by atoms with Crippen LogP contribution in [0.15, 0.2) is 89.8 Å². The minimum atomic E-state index is -3.79. The van der Waals surface area contributed by atoms with Gasteiger partial charge in [-0.2, -0.15) is 0 Å². The van der Waals surface area contributed by atoms with Gasteiger partial charge in [-0.1, -0.05) is 54.6 Å². The largest absolute Gasteiger partial charge is 0.281 e. The number of hydrogen-bond donors (Lipinski definition) is 1. The van der Waals surface area contributed by atoms with Crippen molar-refractivity contribution in [1.82, 2.24) is 0 Å². The maximum Gasteiger partial charge on any atom is 0.261 e. The van der Waals surface area contributed by atoms with E-state index in [9.17, 15) is 13.2 Å². The Morgan fingerprint density at radius 2 is 1.47 bits per heavy atom. The highest BCUT2D eigenvalue weighted by molar-refractivity contribution is 7.92. The van der Waals surface area contributed by atoms with Crippen LogP contribution in [0.4, 0.5) is 17.1 Å². The summed E-state index contributed by atoms with van der Waals surface area (Å²) in [5, 5.41) is 1.84. The van der Waals surface area contributed by atoms with Crippen molar-refractivity contribution < 1.29 is 13.2 Å². The molecule has 0 atom stereocenters. The van der Waals surface area contributed by atoms with Crippen molar-refractivity contribution in [3.63, 3.8) is 0 Å². The monoisotopic (exact) mass is 442 g/mol. The van der Waals surface area contributed by atoms with Gasteiger partial charge in [-0.15, -0.1) is 0 Å². The van der Waals surface area contributed by atoms with Crippen LogP contribution in [0, 0.1) is 0 Å². The number of anilines is 3. The summed E-state index contributed by atoms with van der Waals surface area (Å²) < 4.78 is 28.9. The van der Waals surface area contributed by atoms with Crippen LogP contribution in [0.3, 0.4) is 0 Å². The minimum absolute atomic E-state index is 0.116. The normalized spacial score (nSPS) is 13.2. The molecule has 0 saturated heterocycles. The van der Waals surface area contributed by atoms with Crippen LogP contribution in [-0.4, -0.2) is 14.3 Å². The molecule has 1 N–H and O–H groups in total. The van der Waals surface area contributed by atoms with Crippen molar-refractivity contribution in [1.29, 1.82) is 0 Å². The zero-order valence-corrected chi connectivity index (χ0v) is 18.4. The van der Waals surface area contributed by atoms with E-state index in [1.807, 2.05) is 54.6 Å². The summed E-state index contributed by atoms with van der Waals surface area (Å²) >= 11 is 0. The Labute approximate surface area is 187 Å². The van der Waals surface area contributed by atoms with Gasteiger partial charge in [0.05, 0.1) is 22.0 Å². The number of carbonyl (C=O) groups excluding carboxylic acids is 1.